The van der Waals surface area contributed by atoms with Crippen molar-refractivity contribution in [2.75, 3.05) is 24.5 Å². The second-order valence-electron chi connectivity index (χ2n) is 8.88. The van der Waals surface area contributed by atoms with Crippen LogP contribution in [-0.4, -0.2) is 53.3 Å². The first-order valence-electron chi connectivity index (χ1n) is 12.0. The monoisotopic (exact) mass is 460 g/mol. The summed E-state index contributed by atoms with van der Waals surface area (Å²) in [5.74, 6) is -0.429. The van der Waals surface area contributed by atoms with Gasteiger partial charge in [0.1, 0.15) is 5.52 Å². The number of carbonyl (C=O) groups excluding carboxylic acids is 3. The van der Waals surface area contributed by atoms with Gasteiger partial charge >= 0.3 is 0 Å². The fourth-order valence-corrected chi connectivity index (χ4v) is 4.78. The number of hydrogen-bond acceptors (Lipinski definition) is 6. The minimum absolute atomic E-state index is 0.0187. The van der Waals surface area contributed by atoms with Gasteiger partial charge in [0.05, 0.1) is 17.2 Å². The maximum absolute atomic E-state index is 12.4. The van der Waals surface area contributed by atoms with Crippen LogP contribution in [0.5, 0.6) is 0 Å². The number of amides is 3. The molecule has 34 heavy (non-hydrogen) atoms. The van der Waals surface area contributed by atoms with Crippen LogP contribution in [0.15, 0.2) is 52.9 Å². The standard InChI is InChI=1S/C26H28N4O4/c31-23(14-2-1-7-15-30-24(32)19-10-3-4-11-20(19)25(30)33)27-17-18-9-8-16-29(18)26-28-21-12-5-6-13-22(21)34-26/h3-6,10-13,18H,1-2,7-9,14-17H2,(H,27,31). The highest BCUT2D eigenvalue weighted by Gasteiger charge is 2.34. The molecule has 1 fully saturated rings. The normalized spacial score (nSPS) is 17.6. The van der Waals surface area contributed by atoms with Crippen molar-refractivity contribution in [2.45, 2.75) is 44.6 Å². The zero-order valence-electron chi connectivity index (χ0n) is 19.0. The van der Waals surface area contributed by atoms with E-state index in [1.165, 1.54) is 4.90 Å². The molecule has 2 aliphatic rings. The number of oxazole rings is 1. The van der Waals surface area contributed by atoms with E-state index in [0.29, 0.717) is 49.5 Å². The maximum Gasteiger partial charge on any atom is 0.298 e. The predicted molar refractivity (Wildman–Crippen MR) is 128 cm³/mol. The number of benzene rings is 2. The molecule has 176 valence electrons. The maximum atomic E-state index is 12.4. The van der Waals surface area contributed by atoms with E-state index in [4.69, 9.17) is 4.42 Å². The number of rotatable bonds is 9. The van der Waals surface area contributed by atoms with Crippen molar-refractivity contribution in [3.05, 3.63) is 59.7 Å². The van der Waals surface area contributed by atoms with Crippen molar-refractivity contribution in [3.8, 4) is 0 Å². The molecule has 1 N–H and O–H groups in total. The molecule has 5 rings (SSSR count). The van der Waals surface area contributed by atoms with E-state index in [1.807, 2.05) is 24.3 Å². The summed E-state index contributed by atoms with van der Waals surface area (Å²) in [4.78, 5) is 45.2. The van der Waals surface area contributed by atoms with E-state index in [1.54, 1.807) is 24.3 Å². The van der Waals surface area contributed by atoms with Crippen molar-refractivity contribution < 1.29 is 18.8 Å². The van der Waals surface area contributed by atoms with Crippen LogP contribution in [-0.2, 0) is 4.79 Å². The Morgan fingerprint density at radius 3 is 2.50 bits per heavy atom. The van der Waals surface area contributed by atoms with Crippen LogP contribution in [0.25, 0.3) is 11.1 Å². The smallest absolute Gasteiger partial charge is 0.298 e. The van der Waals surface area contributed by atoms with Crippen LogP contribution >= 0.6 is 0 Å². The molecule has 8 heteroatoms. The molecule has 0 bridgehead atoms. The highest BCUT2D eigenvalue weighted by atomic mass is 16.4. The van der Waals surface area contributed by atoms with Gasteiger partial charge in [0, 0.05) is 26.1 Å². The Kier molecular flexibility index (Phi) is 6.29. The van der Waals surface area contributed by atoms with Gasteiger partial charge in [0.2, 0.25) is 5.91 Å². The number of unbranched alkanes of at least 4 members (excludes halogenated alkanes) is 2. The van der Waals surface area contributed by atoms with Crippen molar-refractivity contribution in [1.29, 1.82) is 0 Å². The van der Waals surface area contributed by atoms with E-state index in [-0.39, 0.29) is 23.8 Å². The second kappa shape index (κ2) is 9.67. The van der Waals surface area contributed by atoms with Gasteiger partial charge in [-0.05, 0) is 49.9 Å². The van der Waals surface area contributed by atoms with Gasteiger partial charge in [-0.25, -0.2) is 0 Å². The minimum atomic E-state index is -0.224. The third-order valence-electron chi connectivity index (χ3n) is 6.60. The van der Waals surface area contributed by atoms with Crippen molar-refractivity contribution in [2.24, 2.45) is 0 Å². The zero-order chi connectivity index (χ0) is 23.5. The molecule has 3 amide bonds. The van der Waals surface area contributed by atoms with Crippen LogP contribution in [0.3, 0.4) is 0 Å². The molecule has 2 aliphatic heterocycles. The van der Waals surface area contributed by atoms with Crippen molar-refractivity contribution >= 4 is 34.8 Å². The Balaban J connectivity index is 1.03. The summed E-state index contributed by atoms with van der Waals surface area (Å²) >= 11 is 0. The van der Waals surface area contributed by atoms with Gasteiger partial charge in [-0.2, -0.15) is 4.98 Å². The summed E-state index contributed by atoms with van der Waals surface area (Å²) in [7, 11) is 0. The fourth-order valence-electron chi connectivity index (χ4n) is 4.78. The number of aromatic nitrogens is 1. The molecular weight excluding hydrogens is 432 g/mol. The zero-order valence-corrected chi connectivity index (χ0v) is 19.0. The average Bonchev–Trinajstić information content (AvgIpc) is 3.55. The Morgan fingerprint density at radius 2 is 1.74 bits per heavy atom. The number of nitrogens with zero attached hydrogens (tertiary/aromatic N) is 3. The largest absolute Gasteiger partial charge is 0.423 e. The third-order valence-corrected chi connectivity index (χ3v) is 6.60. The molecule has 1 atom stereocenters. The lowest BCUT2D eigenvalue weighted by molar-refractivity contribution is -0.121. The Bertz CT molecular complexity index is 1150. The van der Waals surface area contributed by atoms with Crippen LogP contribution in [0.2, 0.25) is 0 Å². The minimum Gasteiger partial charge on any atom is -0.423 e. The molecule has 2 aromatic carbocycles. The van der Waals surface area contributed by atoms with E-state index in [2.05, 4.69) is 15.2 Å². The van der Waals surface area contributed by atoms with Crippen molar-refractivity contribution in [3.63, 3.8) is 0 Å². The first-order valence-corrected chi connectivity index (χ1v) is 12.0. The molecular formula is C26H28N4O4. The first kappa shape index (κ1) is 22.1. The van der Waals surface area contributed by atoms with Crippen molar-refractivity contribution in [1.82, 2.24) is 15.2 Å². The van der Waals surface area contributed by atoms with Crippen LogP contribution in [0, 0.1) is 0 Å². The molecule has 8 nitrogen and oxygen atoms in total. The molecule has 0 aliphatic carbocycles. The van der Waals surface area contributed by atoms with Gasteiger partial charge in [0.25, 0.3) is 17.8 Å². The third kappa shape index (κ3) is 4.40. The SMILES string of the molecule is O=C(CCCCCN1C(=O)c2ccccc2C1=O)NCC1CCCN1c1nc2ccccc2o1. The molecule has 1 aromatic heterocycles. The van der Waals surface area contributed by atoms with Gasteiger partial charge in [-0.1, -0.05) is 30.7 Å². The molecule has 1 saturated heterocycles. The molecule has 1 unspecified atom stereocenters. The van der Waals surface area contributed by atoms with E-state index in [0.717, 1.165) is 36.9 Å². The van der Waals surface area contributed by atoms with Gasteiger partial charge in [0.15, 0.2) is 5.58 Å². The average molecular weight is 461 g/mol. The number of fused-ring (bicyclic) bond motifs is 2. The van der Waals surface area contributed by atoms with E-state index < -0.39 is 0 Å². The summed E-state index contributed by atoms with van der Waals surface area (Å²) in [6.07, 6.45) is 4.63. The number of anilines is 1. The molecule has 3 heterocycles. The number of imide groups is 1. The number of para-hydroxylation sites is 2. The van der Waals surface area contributed by atoms with Crippen LogP contribution < -0.4 is 10.2 Å². The second-order valence-corrected chi connectivity index (χ2v) is 8.88. The molecule has 3 aromatic rings. The summed E-state index contributed by atoms with van der Waals surface area (Å²) in [5, 5.41) is 3.05. The van der Waals surface area contributed by atoms with Crippen LogP contribution in [0.4, 0.5) is 6.01 Å². The molecule has 0 spiro atoms. The quantitative estimate of drug-likeness (QED) is 0.386. The topological polar surface area (TPSA) is 95.8 Å². The highest BCUT2D eigenvalue weighted by molar-refractivity contribution is 6.21. The van der Waals surface area contributed by atoms with Gasteiger partial charge < -0.3 is 14.6 Å². The molecule has 0 radical (unpaired) electrons. The lowest BCUT2D eigenvalue weighted by Crippen LogP contribution is -2.40. The summed E-state index contributed by atoms with van der Waals surface area (Å²) in [6.45, 7) is 1.81. The summed E-state index contributed by atoms with van der Waals surface area (Å²) < 4.78 is 5.91. The lowest BCUT2D eigenvalue weighted by Gasteiger charge is -2.23. The highest BCUT2D eigenvalue weighted by Crippen LogP contribution is 2.28. The Labute approximate surface area is 197 Å². The number of nitrogens with one attached hydrogen (secondary N) is 1. The Hall–Kier alpha value is -3.68. The molecule has 0 saturated carbocycles. The van der Waals surface area contributed by atoms with Crippen LogP contribution in [0.1, 0.15) is 59.2 Å². The van der Waals surface area contributed by atoms with Gasteiger partial charge in [-0.15, -0.1) is 0 Å². The fraction of sp³-hybridized carbons (Fsp3) is 0.385. The van der Waals surface area contributed by atoms with E-state index in [9.17, 15) is 14.4 Å². The summed E-state index contributed by atoms with van der Waals surface area (Å²) in [6, 6.07) is 15.4. The first-order chi connectivity index (χ1) is 16.6. The lowest BCUT2D eigenvalue weighted by atomic mass is 10.1. The predicted octanol–water partition coefficient (Wildman–Crippen LogP) is 3.77. The van der Waals surface area contributed by atoms with E-state index >= 15 is 0 Å². The Morgan fingerprint density at radius 1 is 1.00 bits per heavy atom. The number of hydrogen-bond donors (Lipinski definition) is 1. The summed E-state index contributed by atoms with van der Waals surface area (Å²) in [5.41, 5.74) is 2.57. The van der Waals surface area contributed by atoms with Gasteiger partial charge in [-0.3, -0.25) is 19.3 Å². The number of carbonyl (C=O) groups is 3.